The molecule has 1 amide bonds. The van der Waals surface area contributed by atoms with E-state index in [0.717, 1.165) is 51.5 Å². The van der Waals surface area contributed by atoms with Crippen molar-refractivity contribution in [1.82, 2.24) is 9.88 Å². The van der Waals surface area contributed by atoms with E-state index in [1.165, 1.54) is 16.8 Å². The summed E-state index contributed by atoms with van der Waals surface area (Å²) < 4.78 is 0. The van der Waals surface area contributed by atoms with Crippen LogP contribution in [0.25, 0.3) is 0 Å². The van der Waals surface area contributed by atoms with Crippen LogP contribution in [-0.2, 0) is 11.2 Å². The molecule has 0 aliphatic carbocycles. The molecule has 2 heterocycles. The van der Waals surface area contributed by atoms with Gasteiger partial charge >= 0.3 is 0 Å². The minimum Gasteiger partial charge on any atom is -0.368 e. The van der Waals surface area contributed by atoms with Gasteiger partial charge in [0, 0.05) is 57.6 Å². The van der Waals surface area contributed by atoms with Crippen molar-refractivity contribution < 1.29 is 4.79 Å². The standard InChI is InChI=1S/C23H32N4O/c1-4-25(5-2)22-18-20(12-13-24-22)10-11-23(28)27-16-14-26(15-17-27)21-9-7-6-8-19(21)3/h6-9,12-13,18H,4-5,10-11,14-17H2,1-3H3. The summed E-state index contributed by atoms with van der Waals surface area (Å²) in [5, 5.41) is 0. The zero-order chi connectivity index (χ0) is 19.9. The number of carbonyl (C=O) groups excluding carboxylic acids is 1. The smallest absolute Gasteiger partial charge is 0.223 e. The summed E-state index contributed by atoms with van der Waals surface area (Å²) >= 11 is 0. The van der Waals surface area contributed by atoms with Gasteiger partial charge in [-0.3, -0.25) is 4.79 Å². The second kappa shape index (κ2) is 9.58. The summed E-state index contributed by atoms with van der Waals surface area (Å²) in [4.78, 5) is 23.8. The van der Waals surface area contributed by atoms with Crippen LogP contribution in [0.15, 0.2) is 42.6 Å². The van der Waals surface area contributed by atoms with Gasteiger partial charge in [-0.1, -0.05) is 18.2 Å². The molecule has 150 valence electrons. The van der Waals surface area contributed by atoms with Crippen molar-refractivity contribution in [1.29, 1.82) is 0 Å². The topological polar surface area (TPSA) is 39.7 Å². The van der Waals surface area contributed by atoms with E-state index < -0.39 is 0 Å². The van der Waals surface area contributed by atoms with Gasteiger partial charge in [0.15, 0.2) is 0 Å². The molecule has 0 radical (unpaired) electrons. The summed E-state index contributed by atoms with van der Waals surface area (Å²) in [6.45, 7) is 11.7. The molecule has 0 saturated carbocycles. The number of para-hydroxylation sites is 1. The number of pyridine rings is 1. The Morgan fingerprint density at radius 3 is 2.46 bits per heavy atom. The van der Waals surface area contributed by atoms with Crippen molar-refractivity contribution in [3.63, 3.8) is 0 Å². The molecule has 0 N–H and O–H groups in total. The number of aryl methyl sites for hydroxylation is 2. The van der Waals surface area contributed by atoms with Gasteiger partial charge in [-0.25, -0.2) is 4.98 Å². The number of amides is 1. The molecule has 5 nitrogen and oxygen atoms in total. The van der Waals surface area contributed by atoms with Crippen LogP contribution in [0.2, 0.25) is 0 Å². The van der Waals surface area contributed by atoms with Crippen molar-refractivity contribution in [3.8, 4) is 0 Å². The molecular formula is C23H32N4O. The summed E-state index contributed by atoms with van der Waals surface area (Å²) in [5.41, 5.74) is 3.77. The first-order valence-corrected chi connectivity index (χ1v) is 10.4. The number of nitrogens with zero attached hydrogens (tertiary/aromatic N) is 4. The highest BCUT2D eigenvalue weighted by Crippen LogP contribution is 2.21. The molecular weight excluding hydrogens is 348 g/mol. The molecule has 1 aromatic heterocycles. The predicted molar refractivity (Wildman–Crippen MR) is 116 cm³/mol. The van der Waals surface area contributed by atoms with Crippen molar-refractivity contribution in [2.45, 2.75) is 33.6 Å². The molecule has 0 atom stereocenters. The first kappa shape index (κ1) is 20.2. The zero-order valence-electron chi connectivity index (χ0n) is 17.4. The number of hydrogen-bond donors (Lipinski definition) is 0. The van der Waals surface area contributed by atoms with Crippen molar-refractivity contribution in [2.75, 3.05) is 49.1 Å². The number of piperazine rings is 1. The van der Waals surface area contributed by atoms with E-state index in [-0.39, 0.29) is 5.91 Å². The third-order valence-electron chi connectivity index (χ3n) is 5.61. The molecule has 1 aliphatic rings. The number of hydrogen-bond acceptors (Lipinski definition) is 4. The fourth-order valence-corrected chi connectivity index (χ4v) is 3.86. The van der Waals surface area contributed by atoms with E-state index in [2.05, 4.69) is 65.9 Å². The molecule has 1 saturated heterocycles. The van der Waals surface area contributed by atoms with E-state index in [9.17, 15) is 4.79 Å². The van der Waals surface area contributed by atoms with Crippen LogP contribution in [0.1, 0.15) is 31.4 Å². The van der Waals surface area contributed by atoms with E-state index in [1.807, 2.05) is 17.2 Å². The number of anilines is 2. The lowest BCUT2D eigenvalue weighted by Gasteiger charge is -2.37. The third kappa shape index (κ3) is 4.83. The quantitative estimate of drug-likeness (QED) is 0.737. The maximum atomic E-state index is 12.7. The Kier molecular flexibility index (Phi) is 6.90. The largest absolute Gasteiger partial charge is 0.368 e. The van der Waals surface area contributed by atoms with E-state index in [1.54, 1.807) is 0 Å². The maximum Gasteiger partial charge on any atom is 0.223 e. The highest BCUT2D eigenvalue weighted by Gasteiger charge is 2.21. The Bertz CT molecular complexity index is 780. The molecule has 0 spiro atoms. The van der Waals surface area contributed by atoms with E-state index in [0.29, 0.717) is 6.42 Å². The Balaban J connectivity index is 1.51. The van der Waals surface area contributed by atoms with Crippen molar-refractivity contribution in [2.24, 2.45) is 0 Å². The molecule has 2 aromatic rings. The van der Waals surface area contributed by atoms with Crippen LogP contribution in [0, 0.1) is 6.92 Å². The Morgan fingerprint density at radius 2 is 1.79 bits per heavy atom. The fourth-order valence-electron chi connectivity index (χ4n) is 3.86. The lowest BCUT2D eigenvalue weighted by atomic mass is 10.1. The van der Waals surface area contributed by atoms with Gasteiger partial charge in [0.25, 0.3) is 0 Å². The van der Waals surface area contributed by atoms with Crippen molar-refractivity contribution >= 4 is 17.4 Å². The monoisotopic (exact) mass is 380 g/mol. The Hall–Kier alpha value is -2.56. The van der Waals surface area contributed by atoms with Gasteiger partial charge in [0.1, 0.15) is 5.82 Å². The molecule has 28 heavy (non-hydrogen) atoms. The highest BCUT2D eigenvalue weighted by molar-refractivity contribution is 5.77. The molecule has 5 heteroatoms. The third-order valence-corrected chi connectivity index (χ3v) is 5.61. The molecule has 1 fully saturated rings. The molecule has 0 bridgehead atoms. The number of carbonyl (C=O) groups is 1. The van der Waals surface area contributed by atoms with Gasteiger partial charge in [0.05, 0.1) is 0 Å². The predicted octanol–water partition coefficient (Wildman–Crippen LogP) is 3.52. The molecule has 1 aliphatic heterocycles. The van der Waals surface area contributed by atoms with Gasteiger partial charge < -0.3 is 14.7 Å². The molecule has 1 aromatic carbocycles. The Labute approximate surface area is 169 Å². The fraction of sp³-hybridized carbons (Fsp3) is 0.478. The van der Waals surface area contributed by atoms with Crippen LogP contribution in [0.3, 0.4) is 0 Å². The first-order chi connectivity index (χ1) is 13.6. The van der Waals surface area contributed by atoms with Crippen molar-refractivity contribution in [3.05, 3.63) is 53.7 Å². The Morgan fingerprint density at radius 1 is 1.07 bits per heavy atom. The highest BCUT2D eigenvalue weighted by atomic mass is 16.2. The summed E-state index contributed by atoms with van der Waals surface area (Å²) in [6.07, 6.45) is 3.19. The summed E-state index contributed by atoms with van der Waals surface area (Å²) in [6, 6.07) is 12.6. The van der Waals surface area contributed by atoms with Gasteiger partial charge in [-0.15, -0.1) is 0 Å². The number of rotatable bonds is 7. The SMILES string of the molecule is CCN(CC)c1cc(CCC(=O)N2CCN(c3ccccc3C)CC2)ccn1. The van der Waals surface area contributed by atoms with Crippen LogP contribution < -0.4 is 9.80 Å². The van der Waals surface area contributed by atoms with Gasteiger partial charge in [-0.2, -0.15) is 0 Å². The first-order valence-electron chi connectivity index (χ1n) is 10.4. The lowest BCUT2D eigenvalue weighted by molar-refractivity contribution is -0.131. The van der Waals surface area contributed by atoms with Gasteiger partial charge in [-0.05, 0) is 56.5 Å². The molecule has 3 rings (SSSR count). The summed E-state index contributed by atoms with van der Waals surface area (Å²) in [7, 11) is 0. The minimum atomic E-state index is 0.255. The van der Waals surface area contributed by atoms with Gasteiger partial charge in [0.2, 0.25) is 5.91 Å². The van der Waals surface area contributed by atoms with Crippen LogP contribution in [-0.4, -0.2) is 55.1 Å². The number of aromatic nitrogens is 1. The summed E-state index contributed by atoms with van der Waals surface area (Å²) in [5.74, 6) is 1.26. The maximum absolute atomic E-state index is 12.7. The van der Waals surface area contributed by atoms with Crippen LogP contribution in [0.5, 0.6) is 0 Å². The normalized spacial score (nSPS) is 14.2. The minimum absolute atomic E-state index is 0.255. The number of benzene rings is 1. The average Bonchev–Trinajstić information content (AvgIpc) is 2.74. The lowest BCUT2D eigenvalue weighted by Crippen LogP contribution is -2.49. The second-order valence-electron chi connectivity index (χ2n) is 7.35. The molecule has 0 unspecified atom stereocenters. The van der Waals surface area contributed by atoms with E-state index in [4.69, 9.17) is 0 Å². The zero-order valence-corrected chi connectivity index (χ0v) is 17.4. The van der Waals surface area contributed by atoms with Crippen LogP contribution in [0.4, 0.5) is 11.5 Å². The average molecular weight is 381 g/mol. The second-order valence-corrected chi connectivity index (χ2v) is 7.35. The van der Waals surface area contributed by atoms with Crippen LogP contribution >= 0.6 is 0 Å². The van der Waals surface area contributed by atoms with E-state index >= 15 is 0 Å².